The van der Waals surface area contributed by atoms with Crippen LogP contribution in [0, 0.1) is 21.7 Å². The van der Waals surface area contributed by atoms with Gasteiger partial charge >= 0.3 is 5.69 Å². The smallest absolute Gasteiger partial charge is 0.300 e. The number of nitrogens with zero attached hydrogens (tertiary/aromatic N) is 4. The largest absolute Gasteiger partial charge is 0.314 e. The number of nitro benzene ring substituents is 1. The Labute approximate surface area is 106 Å². The van der Waals surface area contributed by atoms with E-state index in [1.54, 1.807) is 7.05 Å². The summed E-state index contributed by atoms with van der Waals surface area (Å²) in [6.45, 7) is 0.372. The highest BCUT2D eigenvalue weighted by Crippen LogP contribution is 2.26. The molecule has 1 aromatic heterocycles. The van der Waals surface area contributed by atoms with Gasteiger partial charge in [0, 0.05) is 12.6 Å². The number of aromatic nitrogens is 3. The van der Waals surface area contributed by atoms with Gasteiger partial charge in [0.1, 0.15) is 5.82 Å². The Morgan fingerprint density at radius 1 is 1.47 bits per heavy atom. The van der Waals surface area contributed by atoms with Crippen molar-refractivity contribution in [2.24, 2.45) is 0 Å². The summed E-state index contributed by atoms with van der Waals surface area (Å²) < 4.78 is 27.6. The second kappa shape index (κ2) is 5.06. The molecule has 1 N–H and O–H groups in total. The van der Waals surface area contributed by atoms with Crippen molar-refractivity contribution in [3.05, 3.63) is 45.8 Å². The first kappa shape index (κ1) is 13.0. The zero-order valence-corrected chi connectivity index (χ0v) is 9.80. The topological polar surface area (TPSA) is 85.9 Å². The minimum atomic E-state index is -1.08. The summed E-state index contributed by atoms with van der Waals surface area (Å²) in [5, 5.41) is 20.9. The van der Waals surface area contributed by atoms with Gasteiger partial charge < -0.3 is 5.32 Å². The second-order valence-corrected chi connectivity index (χ2v) is 3.70. The quantitative estimate of drug-likeness (QED) is 0.665. The van der Waals surface area contributed by atoms with Crippen LogP contribution in [0.25, 0.3) is 5.69 Å². The molecule has 0 aliphatic rings. The predicted molar refractivity (Wildman–Crippen MR) is 60.7 cm³/mol. The van der Waals surface area contributed by atoms with Gasteiger partial charge in [-0.1, -0.05) is 5.21 Å². The Hall–Kier alpha value is -2.42. The summed E-state index contributed by atoms with van der Waals surface area (Å²) in [6, 6.07) is 1.19. The summed E-state index contributed by atoms with van der Waals surface area (Å²) in [4.78, 5) is 9.96. The van der Waals surface area contributed by atoms with Gasteiger partial charge in [-0.2, -0.15) is 0 Å². The fourth-order valence-corrected chi connectivity index (χ4v) is 1.59. The Morgan fingerprint density at radius 3 is 2.84 bits per heavy atom. The van der Waals surface area contributed by atoms with E-state index in [1.165, 1.54) is 6.20 Å². The molecule has 7 nitrogen and oxygen atoms in total. The average molecular weight is 269 g/mol. The van der Waals surface area contributed by atoms with E-state index in [2.05, 4.69) is 15.6 Å². The molecule has 0 aliphatic carbocycles. The molecule has 0 saturated heterocycles. The molecule has 0 atom stereocenters. The molecule has 0 amide bonds. The zero-order valence-electron chi connectivity index (χ0n) is 9.80. The molecule has 0 fully saturated rings. The molecule has 100 valence electrons. The van der Waals surface area contributed by atoms with Gasteiger partial charge in [0.05, 0.1) is 22.9 Å². The Kier molecular flexibility index (Phi) is 3.47. The third kappa shape index (κ3) is 2.55. The lowest BCUT2D eigenvalue weighted by Crippen LogP contribution is -2.06. The van der Waals surface area contributed by atoms with Crippen LogP contribution < -0.4 is 5.32 Å². The highest BCUT2D eigenvalue weighted by Gasteiger charge is 2.23. The van der Waals surface area contributed by atoms with Gasteiger partial charge in [-0.3, -0.25) is 10.1 Å². The number of halogens is 2. The molecular formula is C10H9F2N5O2. The Morgan fingerprint density at radius 2 is 2.21 bits per heavy atom. The van der Waals surface area contributed by atoms with Gasteiger partial charge in [-0.05, 0) is 7.05 Å². The first-order chi connectivity index (χ1) is 9.02. The van der Waals surface area contributed by atoms with Crippen molar-refractivity contribution in [3.8, 4) is 5.69 Å². The lowest BCUT2D eigenvalue weighted by atomic mass is 10.2. The Bertz CT molecular complexity index is 628. The summed E-state index contributed by atoms with van der Waals surface area (Å²) in [6.07, 6.45) is 1.33. The number of rotatable bonds is 4. The fourth-order valence-electron chi connectivity index (χ4n) is 1.59. The predicted octanol–water partition coefficient (Wildman–Crippen LogP) is 1.17. The third-order valence-electron chi connectivity index (χ3n) is 2.33. The number of hydrogen-bond acceptors (Lipinski definition) is 5. The summed E-state index contributed by atoms with van der Waals surface area (Å²) in [7, 11) is 1.68. The molecule has 0 bridgehead atoms. The highest BCUT2D eigenvalue weighted by molar-refractivity contribution is 5.53. The molecule has 0 spiro atoms. The monoisotopic (exact) mass is 269 g/mol. The van der Waals surface area contributed by atoms with E-state index in [9.17, 15) is 18.9 Å². The van der Waals surface area contributed by atoms with Crippen LogP contribution in [0.4, 0.5) is 14.5 Å². The van der Waals surface area contributed by atoms with Gasteiger partial charge in [-0.15, -0.1) is 5.10 Å². The summed E-state index contributed by atoms with van der Waals surface area (Å²) in [5.74, 6) is -2.10. The number of hydrogen-bond donors (Lipinski definition) is 1. The van der Waals surface area contributed by atoms with E-state index in [-0.39, 0.29) is 0 Å². The van der Waals surface area contributed by atoms with Crippen LogP contribution in [0.15, 0.2) is 18.3 Å². The van der Waals surface area contributed by atoms with Crippen molar-refractivity contribution >= 4 is 5.69 Å². The number of benzene rings is 1. The van der Waals surface area contributed by atoms with Crippen molar-refractivity contribution in [1.82, 2.24) is 20.3 Å². The van der Waals surface area contributed by atoms with E-state index in [1.807, 2.05) is 0 Å². The number of nitro groups is 1. The zero-order chi connectivity index (χ0) is 14.0. The standard InChI is InChI=1S/C10H9F2N5O2/c1-13-4-7-5-16(15-14-7)10-8(12)2-6(11)3-9(10)17(18)19/h2-3,5,13H,4H2,1H3. The van der Waals surface area contributed by atoms with Crippen LogP contribution in [0.2, 0.25) is 0 Å². The van der Waals surface area contributed by atoms with Gasteiger partial charge in [-0.25, -0.2) is 13.5 Å². The molecule has 2 rings (SSSR count). The van der Waals surface area contributed by atoms with Crippen LogP contribution in [-0.2, 0) is 6.54 Å². The average Bonchev–Trinajstić information content (AvgIpc) is 2.76. The van der Waals surface area contributed by atoms with Crippen LogP contribution in [0.5, 0.6) is 0 Å². The maximum absolute atomic E-state index is 13.7. The Balaban J connectivity index is 2.56. The van der Waals surface area contributed by atoms with Crippen molar-refractivity contribution in [2.45, 2.75) is 6.54 Å². The van der Waals surface area contributed by atoms with Crippen molar-refractivity contribution in [1.29, 1.82) is 0 Å². The van der Waals surface area contributed by atoms with E-state index >= 15 is 0 Å². The molecule has 9 heteroatoms. The lowest BCUT2D eigenvalue weighted by Gasteiger charge is -2.03. The van der Waals surface area contributed by atoms with Crippen LogP contribution in [-0.4, -0.2) is 27.0 Å². The number of nitrogens with one attached hydrogen (secondary N) is 1. The first-order valence-corrected chi connectivity index (χ1v) is 5.22. The van der Waals surface area contributed by atoms with Crippen molar-refractivity contribution in [3.63, 3.8) is 0 Å². The summed E-state index contributed by atoms with van der Waals surface area (Å²) >= 11 is 0. The third-order valence-corrected chi connectivity index (χ3v) is 2.33. The first-order valence-electron chi connectivity index (χ1n) is 5.22. The van der Waals surface area contributed by atoms with Crippen LogP contribution >= 0.6 is 0 Å². The van der Waals surface area contributed by atoms with Crippen molar-refractivity contribution in [2.75, 3.05) is 7.05 Å². The van der Waals surface area contributed by atoms with Gasteiger partial charge in [0.2, 0.25) is 0 Å². The fraction of sp³-hybridized carbons (Fsp3) is 0.200. The molecule has 19 heavy (non-hydrogen) atoms. The molecule has 0 aliphatic heterocycles. The molecule has 2 aromatic rings. The molecule has 0 unspecified atom stereocenters. The molecule has 0 radical (unpaired) electrons. The second-order valence-electron chi connectivity index (χ2n) is 3.70. The van der Waals surface area contributed by atoms with Gasteiger partial charge in [0.25, 0.3) is 0 Å². The molecule has 0 saturated carbocycles. The van der Waals surface area contributed by atoms with E-state index in [0.29, 0.717) is 24.4 Å². The van der Waals surface area contributed by atoms with E-state index < -0.39 is 27.9 Å². The minimum Gasteiger partial charge on any atom is -0.314 e. The normalized spacial score (nSPS) is 10.7. The van der Waals surface area contributed by atoms with Crippen LogP contribution in [0.1, 0.15) is 5.69 Å². The van der Waals surface area contributed by atoms with E-state index in [0.717, 1.165) is 4.68 Å². The van der Waals surface area contributed by atoms with E-state index in [4.69, 9.17) is 0 Å². The van der Waals surface area contributed by atoms with Crippen molar-refractivity contribution < 1.29 is 13.7 Å². The minimum absolute atomic E-state index is 0.372. The van der Waals surface area contributed by atoms with Gasteiger partial charge in [0.15, 0.2) is 11.5 Å². The molecular weight excluding hydrogens is 260 g/mol. The maximum atomic E-state index is 13.7. The highest BCUT2D eigenvalue weighted by atomic mass is 19.1. The molecule has 1 heterocycles. The maximum Gasteiger partial charge on any atom is 0.300 e. The lowest BCUT2D eigenvalue weighted by molar-refractivity contribution is -0.385. The molecule has 1 aromatic carbocycles. The SMILES string of the molecule is CNCc1cn(-c2c(F)cc(F)cc2[N+](=O)[O-])nn1. The van der Waals surface area contributed by atoms with Crippen LogP contribution in [0.3, 0.4) is 0 Å². The summed E-state index contributed by atoms with van der Waals surface area (Å²) in [5.41, 5.74) is -0.680.